The van der Waals surface area contributed by atoms with Gasteiger partial charge in [0.2, 0.25) is 0 Å². The molecule has 19 heavy (non-hydrogen) atoms. The van der Waals surface area contributed by atoms with Crippen LogP contribution in [0.2, 0.25) is 0 Å². The number of carbonyl (C=O) groups is 1. The molecule has 0 radical (unpaired) electrons. The van der Waals surface area contributed by atoms with Crippen molar-refractivity contribution < 1.29 is 14.3 Å². The van der Waals surface area contributed by atoms with Crippen LogP contribution in [-0.4, -0.2) is 17.2 Å². The Hall–Kier alpha value is -2.56. The van der Waals surface area contributed by atoms with Crippen molar-refractivity contribution in [3.63, 3.8) is 0 Å². The molecule has 0 atom stereocenters. The highest BCUT2D eigenvalue weighted by Gasteiger charge is 2.12. The Morgan fingerprint density at radius 1 is 1.37 bits per heavy atom. The molecule has 0 unspecified atom stereocenters. The number of aromatic hydroxyl groups is 1. The quantitative estimate of drug-likeness (QED) is 0.655. The van der Waals surface area contributed by atoms with E-state index < -0.39 is 0 Å². The largest absolute Gasteiger partial charge is 0.508 e. The number of phenols is 1. The van der Waals surface area contributed by atoms with Crippen LogP contribution in [0.1, 0.15) is 27.4 Å². The van der Waals surface area contributed by atoms with E-state index in [9.17, 15) is 9.90 Å². The number of furan rings is 1. The molecule has 1 aromatic heterocycles. The van der Waals surface area contributed by atoms with Crippen LogP contribution in [0.4, 0.5) is 0 Å². The fraction of sp³-hybridized carbons (Fsp3) is 0.143. The number of hydrogen-bond donors (Lipinski definition) is 2. The third-order valence-corrected chi connectivity index (χ3v) is 2.54. The number of benzene rings is 1. The van der Waals surface area contributed by atoms with Gasteiger partial charge >= 0.3 is 0 Å². The zero-order valence-electron chi connectivity index (χ0n) is 10.7. The summed E-state index contributed by atoms with van der Waals surface area (Å²) >= 11 is 0. The van der Waals surface area contributed by atoms with Crippen LogP contribution < -0.4 is 5.43 Å². The Bertz CT molecular complexity index is 629. The molecule has 5 heteroatoms. The minimum atomic E-state index is -0.328. The van der Waals surface area contributed by atoms with E-state index in [2.05, 4.69) is 10.5 Å². The molecule has 0 spiro atoms. The first-order valence-corrected chi connectivity index (χ1v) is 5.76. The molecular weight excluding hydrogens is 244 g/mol. The number of hydrazone groups is 1. The lowest BCUT2D eigenvalue weighted by Crippen LogP contribution is -2.17. The second-order valence-electron chi connectivity index (χ2n) is 4.12. The molecule has 0 saturated heterocycles. The van der Waals surface area contributed by atoms with Gasteiger partial charge in [-0.1, -0.05) is 12.1 Å². The summed E-state index contributed by atoms with van der Waals surface area (Å²) in [6, 6.07) is 8.23. The molecule has 0 fully saturated rings. The normalized spacial score (nSPS) is 10.8. The summed E-state index contributed by atoms with van der Waals surface area (Å²) in [5.41, 5.74) is 3.57. The highest BCUT2D eigenvalue weighted by molar-refractivity contribution is 5.95. The standard InChI is InChI=1S/C14H14N2O3/c1-9-6-13(10(2)19-9)14(18)16-15-8-11-4-3-5-12(17)7-11/h3-8,17H,1-2H3,(H,16,18)/b15-8-. The SMILES string of the molecule is Cc1cc(C(=O)N/N=C\c2cccc(O)c2)c(C)o1. The van der Waals surface area contributed by atoms with Gasteiger partial charge in [-0.25, -0.2) is 5.43 Å². The van der Waals surface area contributed by atoms with E-state index in [0.29, 0.717) is 22.6 Å². The molecule has 1 aromatic carbocycles. The topological polar surface area (TPSA) is 74.8 Å². The van der Waals surface area contributed by atoms with Crippen LogP contribution >= 0.6 is 0 Å². The third-order valence-electron chi connectivity index (χ3n) is 2.54. The number of carbonyl (C=O) groups excluding carboxylic acids is 1. The molecule has 1 amide bonds. The molecule has 0 aliphatic carbocycles. The van der Waals surface area contributed by atoms with Gasteiger partial charge in [-0.2, -0.15) is 5.10 Å². The Morgan fingerprint density at radius 3 is 2.79 bits per heavy atom. The van der Waals surface area contributed by atoms with Gasteiger partial charge in [0.05, 0.1) is 11.8 Å². The van der Waals surface area contributed by atoms with E-state index in [0.717, 1.165) is 0 Å². The Kier molecular flexibility index (Phi) is 3.66. The fourth-order valence-electron chi connectivity index (χ4n) is 1.69. The molecule has 1 heterocycles. The van der Waals surface area contributed by atoms with Crippen molar-refractivity contribution >= 4 is 12.1 Å². The van der Waals surface area contributed by atoms with Crippen LogP contribution in [0.3, 0.4) is 0 Å². The highest BCUT2D eigenvalue weighted by atomic mass is 16.3. The lowest BCUT2D eigenvalue weighted by atomic mass is 10.2. The molecule has 5 nitrogen and oxygen atoms in total. The number of hydrogen-bond acceptors (Lipinski definition) is 4. The molecule has 0 aliphatic rings. The number of nitrogens with one attached hydrogen (secondary N) is 1. The van der Waals surface area contributed by atoms with Crippen molar-refractivity contribution in [2.75, 3.05) is 0 Å². The van der Waals surface area contributed by atoms with Crippen molar-refractivity contribution in [3.8, 4) is 5.75 Å². The van der Waals surface area contributed by atoms with Crippen molar-refractivity contribution in [1.29, 1.82) is 0 Å². The zero-order chi connectivity index (χ0) is 13.8. The predicted molar refractivity (Wildman–Crippen MR) is 71.3 cm³/mol. The Morgan fingerprint density at radius 2 is 2.16 bits per heavy atom. The maximum absolute atomic E-state index is 11.8. The predicted octanol–water partition coefficient (Wildman–Crippen LogP) is 2.37. The highest BCUT2D eigenvalue weighted by Crippen LogP contribution is 2.13. The van der Waals surface area contributed by atoms with Gasteiger partial charge in [-0.05, 0) is 37.6 Å². The van der Waals surface area contributed by atoms with Gasteiger partial charge in [0.25, 0.3) is 5.91 Å². The maximum Gasteiger partial charge on any atom is 0.274 e. The summed E-state index contributed by atoms with van der Waals surface area (Å²) in [7, 11) is 0. The van der Waals surface area contributed by atoms with Crippen LogP contribution in [0, 0.1) is 13.8 Å². The minimum Gasteiger partial charge on any atom is -0.508 e. The van der Waals surface area contributed by atoms with Crippen molar-refractivity contribution in [2.45, 2.75) is 13.8 Å². The summed E-state index contributed by atoms with van der Waals surface area (Å²) in [5, 5.41) is 13.1. The van der Waals surface area contributed by atoms with E-state index in [1.54, 1.807) is 44.2 Å². The van der Waals surface area contributed by atoms with E-state index in [1.165, 1.54) is 6.21 Å². The fourth-order valence-corrected chi connectivity index (χ4v) is 1.69. The number of aryl methyl sites for hydroxylation is 2. The molecule has 0 aliphatic heterocycles. The summed E-state index contributed by atoms with van der Waals surface area (Å²) in [6.07, 6.45) is 1.46. The van der Waals surface area contributed by atoms with Crippen molar-refractivity contribution in [2.24, 2.45) is 5.10 Å². The summed E-state index contributed by atoms with van der Waals surface area (Å²) < 4.78 is 5.27. The average Bonchev–Trinajstić information content (AvgIpc) is 2.68. The van der Waals surface area contributed by atoms with Gasteiger partial charge in [-0.15, -0.1) is 0 Å². The lowest BCUT2D eigenvalue weighted by Gasteiger charge is -1.97. The summed E-state index contributed by atoms with van der Waals surface area (Å²) in [6.45, 7) is 3.50. The molecule has 0 saturated carbocycles. The van der Waals surface area contributed by atoms with Crippen molar-refractivity contribution in [1.82, 2.24) is 5.43 Å². The summed E-state index contributed by atoms with van der Waals surface area (Å²) in [4.78, 5) is 11.8. The smallest absolute Gasteiger partial charge is 0.274 e. The Balaban J connectivity index is 2.03. The van der Waals surface area contributed by atoms with Crippen LogP contribution in [0.5, 0.6) is 5.75 Å². The first kappa shape index (κ1) is 12.9. The molecular formula is C14H14N2O3. The van der Waals surface area contributed by atoms with Gasteiger partial charge in [0.1, 0.15) is 17.3 Å². The van der Waals surface area contributed by atoms with E-state index in [-0.39, 0.29) is 11.7 Å². The van der Waals surface area contributed by atoms with Gasteiger partial charge < -0.3 is 9.52 Å². The molecule has 2 aromatic rings. The molecule has 98 valence electrons. The van der Waals surface area contributed by atoms with E-state index in [1.807, 2.05) is 0 Å². The van der Waals surface area contributed by atoms with Gasteiger partial charge in [-0.3, -0.25) is 4.79 Å². The van der Waals surface area contributed by atoms with Crippen LogP contribution in [-0.2, 0) is 0 Å². The average molecular weight is 258 g/mol. The minimum absolute atomic E-state index is 0.150. The van der Waals surface area contributed by atoms with Crippen LogP contribution in [0.15, 0.2) is 39.9 Å². The third kappa shape index (κ3) is 3.22. The zero-order valence-corrected chi connectivity index (χ0v) is 10.7. The van der Waals surface area contributed by atoms with Crippen LogP contribution in [0.25, 0.3) is 0 Å². The molecule has 0 bridgehead atoms. The summed E-state index contributed by atoms with van der Waals surface area (Å²) in [5.74, 6) is 1.06. The number of nitrogens with zero attached hydrogens (tertiary/aromatic N) is 1. The van der Waals surface area contributed by atoms with Crippen molar-refractivity contribution in [3.05, 3.63) is 53.0 Å². The first-order chi connectivity index (χ1) is 9.06. The second kappa shape index (κ2) is 5.39. The number of amides is 1. The van der Waals surface area contributed by atoms with Gasteiger partial charge in [0, 0.05) is 0 Å². The number of rotatable bonds is 3. The van der Waals surface area contributed by atoms with E-state index >= 15 is 0 Å². The molecule has 2 N–H and O–H groups in total. The Labute approximate surface area is 110 Å². The van der Waals surface area contributed by atoms with Gasteiger partial charge in [0.15, 0.2) is 0 Å². The lowest BCUT2D eigenvalue weighted by molar-refractivity contribution is 0.0953. The monoisotopic (exact) mass is 258 g/mol. The number of phenolic OH excluding ortho intramolecular Hbond substituents is 1. The maximum atomic E-state index is 11.8. The first-order valence-electron chi connectivity index (χ1n) is 5.76. The van der Waals surface area contributed by atoms with E-state index in [4.69, 9.17) is 4.42 Å². The second-order valence-corrected chi connectivity index (χ2v) is 4.12. The molecule has 2 rings (SSSR count).